The van der Waals surface area contributed by atoms with Crippen molar-refractivity contribution < 1.29 is 9.72 Å². The fourth-order valence-electron chi connectivity index (χ4n) is 1.67. The number of halogens is 1. The van der Waals surface area contributed by atoms with E-state index in [1.165, 1.54) is 24.3 Å². The molecule has 1 N–H and O–H groups in total. The minimum absolute atomic E-state index is 0.0433. The van der Waals surface area contributed by atoms with Crippen LogP contribution in [0.5, 0.6) is 0 Å². The van der Waals surface area contributed by atoms with Gasteiger partial charge in [-0.2, -0.15) is 0 Å². The van der Waals surface area contributed by atoms with Crippen LogP contribution in [0.25, 0.3) is 0 Å². The predicted molar refractivity (Wildman–Crippen MR) is 79.9 cm³/mol. The van der Waals surface area contributed by atoms with Gasteiger partial charge in [-0.3, -0.25) is 14.9 Å². The molecule has 102 valence electrons. The monoisotopic (exact) mass is 334 g/mol. The molecule has 0 bridgehead atoms. The maximum absolute atomic E-state index is 12.1. The highest BCUT2D eigenvalue weighted by atomic mass is 79.9. The lowest BCUT2D eigenvalue weighted by molar-refractivity contribution is -0.384. The van der Waals surface area contributed by atoms with E-state index < -0.39 is 4.92 Å². The highest BCUT2D eigenvalue weighted by Crippen LogP contribution is 2.26. The number of carbonyl (C=O) groups is 1. The fourth-order valence-corrected chi connectivity index (χ4v) is 2.04. The number of rotatable bonds is 3. The number of anilines is 1. The largest absolute Gasteiger partial charge is 0.321 e. The van der Waals surface area contributed by atoms with Gasteiger partial charge < -0.3 is 5.32 Å². The van der Waals surface area contributed by atoms with Crippen LogP contribution in [0.15, 0.2) is 46.9 Å². The normalized spacial score (nSPS) is 10.1. The molecule has 6 heteroatoms. The summed E-state index contributed by atoms with van der Waals surface area (Å²) in [6.45, 7) is 1.92. The molecule has 0 aliphatic heterocycles. The zero-order valence-corrected chi connectivity index (χ0v) is 12.2. The molecule has 0 atom stereocenters. The Morgan fingerprint density at radius 1 is 1.20 bits per heavy atom. The van der Waals surface area contributed by atoms with Crippen LogP contribution >= 0.6 is 15.9 Å². The first-order valence-electron chi connectivity index (χ1n) is 5.80. The van der Waals surface area contributed by atoms with E-state index in [1.54, 1.807) is 6.07 Å². The zero-order valence-electron chi connectivity index (χ0n) is 10.6. The highest BCUT2D eigenvalue weighted by molar-refractivity contribution is 9.10. The number of nitrogens with zero attached hydrogens (tertiary/aromatic N) is 1. The fraction of sp³-hybridized carbons (Fsp3) is 0.0714. The van der Waals surface area contributed by atoms with E-state index in [0.29, 0.717) is 11.3 Å². The minimum Gasteiger partial charge on any atom is -0.321 e. The van der Waals surface area contributed by atoms with E-state index in [4.69, 9.17) is 0 Å². The van der Waals surface area contributed by atoms with Crippen LogP contribution in [0, 0.1) is 17.0 Å². The van der Waals surface area contributed by atoms with Crippen molar-refractivity contribution >= 4 is 33.2 Å². The molecule has 0 spiro atoms. The number of benzene rings is 2. The lowest BCUT2D eigenvalue weighted by Gasteiger charge is -2.09. The number of non-ortho nitro benzene ring substituents is 1. The van der Waals surface area contributed by atoms with Crippen molar-refractivity contribution in [2.24, 2.45) is 0 Å². The van der Waals surface area contributed by atoms with E-state index in [0.717, 1.165) is 10.0 Å². The second kappa shape index (κ2) is 5.83. The van der Waals surface area contributed by atoms with Crippen LogP contribution in [-0.2, 0) is 0 Å². The molecule has 2 rings (SSSR count). The maximum Gasteiger partial charge on any atom is 0.269 e. The first-order valence-corrected chi connectivity index (χ1v) is 6.59. The molecular weight excluding hydrogens is 324 g/mol. The van der Waals surface area contributed by atoms with E-state index in [-0.39, 0.29) is 11.6 Å². The Morgan fingerprint density at radius 2 is 1.85 bits per heavy atom. The number of hydrogen-bond acceptors (Lipinski definition) is 3. The van der Waals surface area contributed by atoms with Crippen LogP contribution in [0.3, 0.4) is 0 Å². The van der Waals surface area contributed by atoms with E-state index in [1.807, 2.05) is 19.1 Å². The molecule has 2 aromatic rings. The number of carbonyl (C=O) groups excluding carboxylic acids is 1. The Balaban J connectivity index is 2.20. The van der Waals surface area contributed by atoms with Gasteiger partial charge in [0.1, 0.15) is 0 Å². The van der Waals surface area contributed by atoms with Gasteiger partial charge in [0.2, 0.25) is 0 Å². The van der Waals surface area contributed by atoms with Crippen molar-refractivity contribution in [3.05, 3.63) is 68.2 Å². The van der Waals surface area contributed by atoms with Gasteiger partial charge in [0.05, 0.1) is 10.6 Å². The number of aryl methyl sites for hydroxylation is 1. The molecule has 0 aromatic heterocycles. The summed E-state index contributed by atoms with van der Waals surface area (Å²) in [6, 6.07) is 11.0. The number of nitrogens with one attached hydrogen (secondary N) is 1. The summed E-state index contributed by atoms with van der Waals surface area (Å²) in [6.07, 6.45) is 0. The highest BCUT2D eigenvalue weighted by Gasteiger charge is 2.11. The summed E-state index contributed by atoms with van der Waals surface area (Å²) >= 11 is 3.41. The molecular formula is C14H11BrN2O3. The summed E-state index contributed by atoms with van der Waals surface area (Å²) in [5, 5.41) is 13.3. The standard InChI is InChI=1S/C14H11BrN2O3/c1-9-3-2-4-12(13(9)15)16-14(18)10-5-7-11(8-6-10)17(19)20/h2-8H,1H3,(H,16,18). The van der Waals surface area contributed by atoms with Gasteiger partial charge >= 0.3 is 0 Å². The Kier molecular flexibility index (Phi) is 4.14. The second-order valence-electron chi connectivity index (χ2n) is 4.19. The Hall–Kier alpha value is -2.21. The van der Waals surface area contributed by atoms with Gasteiger partial charge in [0.25, 0.3) is 11.6 Å². The van der Waals surface area contributed by atoms with Crippen LogP contribution in [0.1, 0.15) is 15.9 Å². The molecule has 0 saturated carbocycles. The third kappa shape index (κ3) is 3.03. The van der Waals surface area contributed by atoms with Gasteiger partial charge in [-0.05, 0) is 46.6 Å². The van der Waals surface area contributed by atoms with E-state index in [2.05, 4.69) is 21.2 Å². The molecule has 0 fully saturated rings. The van der Waals surface area contributed by atoms with Crippen LogP contribution in [-0.4, -0.2) is 10.8 Å². The van der Waals surface area contributed by atoms with E-state index >= 15 is 0 Å². The minimum atomic E-state index is -0.501. The van der Waals surface area contributed by atoms with Crippen molar-refractivity contribution in [2.75, 3.05) is 5.32 Å². The van der Waals surface area contributed by atoms with Gasteiger partial charge in [-0.25, -0.2) is 0 Å². The van der Waals surface area contributed by atoms with E-state index in [9.17, 15) is 14.9 Å². The average Bonchev–Trinajstić information content (AvgIpc) is 2.44. The molecule has 2 aromatic carbocycles. The van der Waals surface area contributed by atoms with Crippen LogP contribution in [0.2, 0.25) is 0 Å². The van der Waals surface area contributed by atoms with Crippen molar-refractivity contribution in [3.8, 4) is 0 Å². The SMILES string of the molecule is Cc1cccc(NC(=O)c2ccc([N+](=O)[O-])cc2)c1Br. The summed E-state index contributed by atoms with van der Waals surface area (Å²) in [5.41, 5.74) is 1.99. The molecule has 0 aliphatic rings. The van der Waals surface area contributed by atoms with Crippen molar-refractivity contribution in [1.82, 2.24) is 0 Å². The van der Waals surface area contributed by atoms with Crippen LogP contribution < -0.4 is 5.32 Å². The van der Waals surface area contributed by atoms with Crippen molar-refractivity contribution in [2.45, 2.75) is 6.92 Å². The number of nitro groups is 1. The first kappa shape index (κ1) is 14.2. The van der Waals surface area contributed by atoms with Gasteiger partial charge in [-0.15, -0.1) is 0 Å². The van der Waals surface area contributed by atoms with Gasteiger partial charge in [-0.1, -0.05) is 12.1 Å². The third-order valence-corrected chi connectivity index (χ3v) is 3.83. The van der Waals surface area contributed by atoms with Gasteiger partial charge in [0.15, 0.2) is 0 Å². The summed E-state index contributed by atoms with van der Waals surface area (Å²) in [5.74, 6) is -0.314. The molecule has 5 nitrogen and oxygen atoms in total. The molecule has 0 aliphatic carbocycles. The molecule has 0 saturated heterocycles. The Labute approximate surface area is 123 Å². The first-order chi connectivity index (χ1) is 9.49. The zero-order chi connectivity index (χ0) is 14.7. The smallest absolute Gasteiger partial charge is 0.269 e. The topological polar surface area (TPSA) is 72.2 Å². The van der Waals surface area contributed by atoms with Crippen molar-refractivity contribution in [3.63, 3.8) is 0 Å². The summed E-state index contributed by atoms with van der Waals surface area (Å²) in [7, 11) is 0. The summed E-state index contributed by atoms with van der Waals surface area (Å²) in [4.78, 5) is 22.1. The third-order valence-electron chi connectivity index (χ3n) is 2.78. The second-order valence-corrected chi connectivity index (χ2v) is 4.99. The molecule has 0 unspecified atom stereocenters. The van der Waals surface area contributed by atoms with Crippen LogP contribution in [0.4, 0.5) is 11.4 Å². The molecule has 0 heterocycles. The Bertz CT molecular complexity index is 669. The quantitative estimate of drug-likeness (QED) is 0.683. The van der Waals surface area contributed by atoms with Crippen molar-refractivity contribution in [1.29, 1.82) is 0 Å². The average molecular weight is 335 g/mol. The molecule has 20 heavy (non-hydrogen) atoms. The Morgan fingerprint density at radius 3 is 2.45 bits per heavy atom. The molecule has 0 radical (unpaired) electrons. The lowest BCUT2D eigenvalue weighted by atomic mass is 10.1. The van der Waals surface area contributed by atoms with Gasteiger partial charge in [0, 0.05) is 22.2 Å². The lowest BCUT2D eigenvalue weighted by Crippen LogP contribution is -2.12. The number of amides is 1. The molecule has 1 amide bonds. The number of hydrogen-bond donors (Lipinski definition) is 1. The number of nitro benzene ring substituents is 1. The predicted octanol–water partition coefficient (Wildman–Crippen LogP) is 3.92. The maximum atomic E-state index is 12.1. The summed E-state index contributed by atoms with van der Waals surface area (Å²) < 4.78 is 0.815.